The molecule has 7 heteroatoms. The van der Waals surface area contributed by atoms with Gasteiger partial charge in [0, 0.05) is 31.3 Å². The molecule has 4 rings (SSSR count). The highest BCUT2D eigenvalue weighted by Gasteiger charge is 2.35. The van der Waals surface area contributed by atoms with Crippen molar-refractivity contribution in [3.05, 3.63) is 34.9 Å². The molecule has 1 saturated carbocycles. The van der Waals surface area contributed by atoms with Gasteiger partial charge >= 0.3 is 5.69 Å². The molecular formula is C16H20N4O3. The summed E-state index contributed by atoms with van der Waals surface area (Å²) in [5, 5.41) is 4.24. The Morgan fingerprint density at radius 1 is 1.35 bits per heavy atom. The Kier molecular flexibility index (Phi) is 3.65. The van der Waals surface area contributed by atoms with Gasteiger partial charge in [-0.15, -0.1) is 5.10 Å². The number of pyridine rings is 1. The second-order valence-electron chi connectivity index (χ2n) is 6.38. The van der Waals surface area contributed by atoms with Gasteiger partial charge in [-0.25, -0.2) is 9.48 Å². The van der Waals surface area contributed by atoms with E-state index in [1.165, 1.54) is 9.08 Å². The number of hydrogen-bond donors (Lipinski definition) is 0. The minimum Gasteiger partial charge on any atom is -0.381 e. The van der Waals surface area contributed by atoms with Gasteiger partial charge in [0.15, 0.2) is 5.65 Å². The third-order valence-electron chi connectivity index (χ3n) is 4.56. The number of ether oxygens (including phenoxy) is 1. The van der Waals surface area contributed by atoms with E-state index >= 15 is 0 Å². The molecule has 0 aromatic carbocycles. The summed E-state index contributed by atoms with van der Waals surface area (Å²) >= 11 is 0. The maximum absolute atomic E-state index is 12.7. The molecule has 0 radical (unpaired) electrons. The molecule has 2 aliphatic rings. The van der Waals surface area contributed by atoms with Crippen molar-refractivity contribution in [2.24, 2.45) is 5.92 Å². The molecule has 0 spiro atoms. The van der Waals surface area contributed by atoms with Crippen LogP contribution < -0.4 is 5.69 Å². The summed E-state index contributed by atoms with van der Waals surface area (Å²) in [6.07, 6.45) is 4.78. The Morgan fingerprint density at radius 3 is 2.91 bits per heavy atom. The highest BCUT2D eigenvalue weighted by molar-refractivity contribution is 5.76. The van der Waals surface area contributed by atoms with Crippen molar-refractivity contribution in [1.29, 1.82) is 0 Å². The highest BCUT2D eigenvalue weighted by Crippen LogP contribution is 2.29. The first-order valence-corrected chi connectivity index (χ1v) is 8.14. The van der Waals surface area contributed by atoms with Crippen LogP contribution in [0.1, 0.15) is 19.3 Å². The van der Waals surface area contributed by atoms with E-state index in [1.54, 1.807) is 18.3 Å². The molecule has 23 heavy (non-hydrogen) atoms. The SMILES string of the molecule is O=C(Cn1nc2ccccn2c1=O)N(C[C@H]1CCOC1)C1CC1. The lowest BCUT2D eigenvalue weighted by molar-refractivity contribution is -0.133. The Hall–Kier alpha value is -2.15. The van der Waals surface area contributed by atoms with Gasteiger partial charge in [0.2, 0.25) is 5.91 Å². The van der Waals surface area contributed by atoms with Gasteiger partial charge in [0.1, 0.15) is 6.54 Å². The van der Waals surface area contributed by atoms with Crippen LogP contribution in [0.4, 0.5) is 0 Å². The second-order valence-corrected chi connectivity index (χ2v) is 6.38. The quantitative estimate of drug-likeness (QED) is 0.806. The Labute approximate surface area is 133 Å². The Balaban J connectivity index is 1.52. The van der Waals surface area contributed by atoms with Gasteiger partial charge in [0.25, 0.3) is 0 Å². The van der Waals surface area contributed by atoms with Gasteiger partial charge in [0.05, 0.1) is 6.61 Å². The topological polar surface area (TPSA) is 68.8 Å². The van der Waals surface area contributed by atoms with Gasteiger partial charge in [-0.2, -0.15) is 0 Å². The Morgan fingerprint density at radius 2 is 2.22 bits per heavy atom. The van der Waals surface area contributed by atoms with Crippen LogP contribution in [-0.4, -0.2) is 50.8 Å². The molecule has 2 aromatic rings. The average Bonchev–Trinajstić information content (AvgIpc) is 3.17. The maximum Gasteiger partial charge on any atom is 0.350 e. The fourth-order valence-electron chi connectivity index (χ4n) is 3.14. The van der Waals surface area contributed by atoms with Gasteiger partial charge in [-0.3, -0.25) is 9.20 Å². The number of amides is 1. The minimum atomic E-state index is -0.270. The van der Waals surface area contributed by atoms with Crippen LogP contribution in [0.2, 0.25) is 0 Å². The maximum atomic E-state index is 12.7. The lowest BCUT2D eigenvalue weighted by Gasteiger charge is -2.25. The van der Waals surface area contributed by atoms with E-state index in [1.807, 2.05) is 11.0 Å². The third kappa shape index (κ3) is 2.88. The van der Waals surface area contributed by atoms with E-state index in [0.29, 0.717) is 17.6 Å². The highest BCUT2D eigenvalue weighted by atomic mass is 16.5. The molecule has 2 fully saturated rings. The third-order valence-corrected chi connectivity index (χ3v) is 4.56. The number of carbonyl (C=O) groups excluding carboxylic acids is 1. The normalized spacial score (nSPS) is 21.0. The van der Waals surface area contributed by atoms with E-state index in [4.69, 9.17) is 4.74 Å². The summed E-state index contributed by atoms with van der Waals surface area (Å²) in [4.78, 5) is 26.9. The number of rotatable bonds is 5. The zero-order valence-electron chi connectivity index (χ0n) is 12.9. The van der Waals surface area contributed by atoms with E-state index in [9.17, 15) is 9.59 Å². The zero-order valence-corrected chi connectivity index (χ0v) is 12.9. The van der Waals surface area contributed by atoms with Crippen molar-refractivity contribution < 1.29 is 9.53 Å². The minimum absolute atomic E-state index is 0.00455. The molecule has 1 amide bonds. The lowest BCUT2D eigenvalue weighted by atomic mass is 10.1. The van der Waals surface area contributed by atoms with Crippen LogP contribution in [0.5, 0.6) is 0 Å². The van der Waals surface area contributed by atoms with Gasteiger partial charge < -0.3 is 9.64 Å². The lowest BCUT2D eigenvalue weighted by Crippen LogP contribution is -2.41. The summed E-state index contributed by atoms with van der Waals surface area (Å²) in [7, 11) is 0. The molecule has 0 unspecified atom stereocenters. The molecule has 1 aliphatic heterocycles. The monoisotopic (exact) mass is 316 g/mol. The van der Waals surface area contributed by atoms with Gasteiger partial charge in [-0.05, 0) is 31.4 Å². The number of carbonyl (C=O) groups is 1. The van der Waals surface area contributed by atoms with Crippen LogP contribution in [-0.2, 0) is 16.1 Å². The molecule has 122 valence electrons. The number of fused-ring (bicyclic) bond motifs is 1. The molecule has 7 nitrogen and oxygen atoms in total. The van der Waals surface area contributed by atoms with E-state index < -0.39 is 0 Å². The van der Waals surface area contributed by atoms with Crippen LogP contribution >= 0.6 is 0 Å². The van der Waals surface area contributed by atoms with E-state index in [0.717, 1.165) is 39.0 Å². The summed E-state index contributed by atoms with van der Waals surface area (Å²) in [5.74, 6) is 0.391. The molecule has 1 atom stereocenters. The molecule has 1 aliphatic carbocycles. The van der Waals surface area contributed by atoms with Gasteiger partial charge in [-0.1, -0.05) is 6.07 Å². The van der Waals surface area contributed by atoms with Crippen LogP contribution in [0.25, 0.3) is 5.65 Å². The first-order valence-electron chi connectivity index (χ1n) is 8.14. The zero-order chi connectivity index (χ0) is 15.8. The second kappa shape index (κ2) is 5.81. The molecule has 0 bridgehead atoms. The Bertz CT molecular complexity index is 771. The first kappa shape index (κ1) is 14.4. The van der Waals surface area contributed by atoms with Crippen LogP contribution in [0.15, 0.2) is 29.2 Å². The average molecular weight is 316 g/mol. The fourth-order valence-corrected chi connectivity index (χ4v) is 3.14. The molecular weight excluding hydrogens is 296 g/mol. The largest absolute Gasteiger partial charge is 0.381 e. The van der Waals surface area contributed by atoms with Crippen molar-refractivity contribution in [2.45, 2.75) is 31.8 Å². The summed E-state index contributed by atoms with van der Waals surface area (Å²) < 4.78 is 8.13. The van der Waals surface area contributed by atoms with Crippen molar-refractivity contribution in [2.75, 3.05) is 19.8 Å². The van der Waals surface area contributed by atoms with E-state index in [2.05, 4.69) is 5.10 Å². The molecule has 0 N–H and O–H groups in total. The smallest absolute Gasteiger partial charge is 0.350 e. The predicted molar refractivity (Wildman–Crippen MR) is 83.1 cm³/mol. The predicted octanol–water partition coefficient (Wildman–Crippen LogP) is 0.523. The molecule has 2 aromatic heterocycles. The summed E-state index contributed by atoms with van der Waals surface area (Å²) in [6, 6.07) is 5.69. The van der Waals surface area contributed by atoms with Crippen molar-refractivity contribution in [1.82, 2.24) is 19.1 Å². The van der Waals surface area contributed by atoms with Crippen LogP contribution in [0.3, 0.4) is 0 Å². The standard InChI is InChI=1S/C16H20N4O3/c21-15(19(13-4-5-13)9-12-6-8-23-11-12)10-20-16(22)18-7-2-1-3-14(18)17-20/h1-3,7,12-13H,4-6,8-11H2/t12-/m1/s1. The fraction of sp³-hybridized carbons (Fsp3) is 0.562. The van der Waals surface area contributed by atoms with Crippen molar-refractivity contribution in [3.63, 3.8) is 0 Å². The van der Waals surface area contributed by atoms with Crippen LogP contribution in [0, 0.1) is 5.92 Å². The number of aromatic nitrogens is 3. The molecule has 3 heterocycles. The number of hydrogen-bond acceptors (Lipinski definition) is 4. The van der Waals surface area contributed by atoms with Crippen molar-refractivity contribution >= 4 is 11.6 Å². The number of nitrogens with zero attached hydrogens (tertiary/aromatic N) is 4. The first-order chi connectivity index (χ1) is 11.2. The van der Waals surface area contributed by atoms with Crippen molar-refractivity contribution in [3.8, 4) is 0 Å². The molecule has 1 saturated heterocycles. The van der Waals surface area contributed by atoms with E-state index in [-0.39, 0.29) is 18.1 Å². The summed E-state index contributed by atoms with van der Waals surface area (Å²) in [5.41, 5.74) is 0.293. The summed E-state index contributed by atoms with van der Waals surface area (Å²) in [6.45, 7) is 2.24.